The SMILES string of the molecule is CN1C(=O)/C(=C2/CCNCCN2)c2cc(N3CCCC3)ccc21. The Morgan fingerprint density at radius 3 is 2.74 bits per heavy atom. The number of likely N-dealkylation sites (N-methyl/N-ethyl adjacent to an activating group) is 1. The minimum atomic E-state index is 0.114. The molecule has 0 bridgehead atoms. The van der Waals surface area contributed by atoms with Crippen LogP contribution < -0.4 is 20.4 Å². The van der Waals surface area contributed by atoms with E-state index >= 15 is 0 Å². The summed E-state index contributed by atoms with van der Waals surface area (Å²) in [6, 6.07) is 6.47. The first-order valence-corrected chi connectivity index (χ1v) is 8.61. The zero-order valence-corrected chi connectivity index (χ0v) is 13.7. The van der Waals surface area contributed by atoms with E-state index in [9.17, 15) is 4.79 Å². The van der Waals surface area contributed by atoms with Crippen molar-refractivity contribution < 1.29 is 4.79 Å². The molecule has 0 aliphatic carbocycles. The number of amides is 1. The van der Waals surface area contributed by atoms with E-state index in [1.165, 1.54) is 18.5 Å². The lowest BCUT2D eigenvalue weighted by Crippen LogP contribution is -2.24. The third-order valence-corrected chi connectivity index (χ3v) is 5.09. The van der Waals surface area contributed by atoms with Gasteiger partial charge < -0.3 is 20.4 Å². The minimum Gasteiger partial charge on any atom is -0.386 e. The molecule has 2 fully saturated rings. The van der Waals surface area contributed by atoms with Gasteiger partial charge in [-0.05, 0) is 31.0 Å². The third-order valence-electron chi connectivity index (χ3n) is 5.09. The van der Waals surface area contributed by atoms with Crippen molar-refractivity contribution in [2.75, 3.05) is 49.6 Å². The Balaban J connectivity index is 1.78. The molecule has 122 valence electrons. The summed E-state index contributed by atoms with van der Waals surface area (Å²) in [6.45, 7) is 4.98. The van der Waals surface area contributed by atoms with Gasteiger partial charge in [-0.3, -0.25) is 4.79 Å². The number of hydrogen-bond acceptors (Lipinski definition) is 4. The van der Waals surface area contributed by atoms with Gasteiger partial charge in [0.25, 0.3) is 5.91 Å². The smallest absolute Gasteiger partial charge is 0.260 e. The average Bonchev–Trinajstić information content (AvgIpc) is 3.08. The molecule has 0 atom stereocenters. The van der Waals surface area contributed by atoms with Gasteiger partial charge in [0.15, 0.2) is 0 Å². The number of nitrogens with one attached hydrogen (secondary N) is 2. The highest BCUT2D eigenvalue weighted by Gasteiger charge is 2.33. The van der Waals surface area contributed by atoms with Gasteiger partial charge in [-0.2, -0.15) is 0 Å². The van der Waals surface area contributed by atoms with Crippen molar-refractivity contribution in [1.29, 1.82) is 0 Å². The molecule has 2 N–H and O–H groups in total. The van der Waals surface area contributed by atoms with Crippen LogP contribution in [-0.4, -0.2) is 45.7 Å². The Morgan fingerprint density at radius 2 is 1.91 bits per heavy atom. The molecule has 23 heavy (non-hydrogen) atoms. The molecule has 2 saturated heterocycles. The molecule has 0 radical (unpaired) electrons. The summed E-state index contributed by atoms with van der Waals surface area (Å²) < 4.78 is 0. The summed E-state index contributed by atoms with van der Waals surface area (Å²) in [7, 11) is 1.87. The largest absolute Gasteiger partial charge is 0.386 e. The number of hydrogen-bond donors (Lipinski definition) is 2. The van der Waals surface area contributed by atoms with E-state index in [2.05, 4.69) is 33.7 Å². The van der Waals surface area contributed by atoms with Gasteiger partial charge in [0.2, 0.25) is 0 Å². The fourth-order valence-electron chi connectivity index (χ4n) is 3.81. The summed E-state index contributed by atoms with van der Waals surface area (Å²) in [5.41, 5.74) is 5.32. The van der Waals surface area contributed by atoms with Gasteiger partial charge in [0, 0.05) is 63.1 Å². The molecule has 3 aliphatic rings. The molecule has 0 aromatic heterocycles. The number of carbonyl (C=O) groups is 1. The zero-order chi connectivity index (χ0) is 15.8. The van der Waals surface area contributed by atoms with Crippen LogP contribution in [0.1, 0.15) is 24.8 Å². The monoisotopic (exact) mass is 312 g/mol. The highest BCUT2D eigenvalue weighted by atomic mass is 16.2. The highest BCUT2D eigenvalue weighted by molar-refractivity contribution is 6.33. The Bertz CT molecular complexity index is 651. The number of rotatable bonds is 1. The number of benzene rings is 1. The van der Waals surface area contributed by atoms with E-state index in [1.807, 2.05) is 7.05 Å². The Labute approximate surface area is 137 Å². The van der Waals surface area contributed by atoms with E-state index in [0.29, 0.717) is 0 Å². The third kappa shape index (κ3) is 2.49. The van der Waals surface area contributed by atoms with E-state index < -0.39 is 0 Å². The molecule has 3 heterocycles. The number of nitrogens with zero attached hydrogens (tertiary/aromatic N) is 2. The maximum Gasteiger partial charge on any atom is 0.260 e. The molecule has 4 rings (SSSR count). The first-order chi connectivity index (χ1) is 11.3. The molecule has 5 nitrogen and oxygen atoms in total. The van der Waals surface area contributed by atoms with E-state index in [1.54, 1.807) is 4.90 Å². The van der Waals surface area contributed by atoms with E-state index in [-0.39, 0.29) is 5.91 Å². The van der Waals surface area contributed by atoms with Gasteiger partial charge >= 0.3 is 0 Å². The summed E-state index contributed by atoms with van der Waals surface area (Å²) in [6.07, 6.45) is 3.40. The van der Waals surface area contributed by atoms with Crippen molar-refractivity contribution in [1.82, 2.24) is 10.6 Å². The maximum absolute atomic E-state index is 12.8. The number of fused-ring (bicyclic) bond motifs is 1. The molecule has 0 unspecified atom stereocenters. The molecule has 1 amide bonds. The maximum atomic E-state index is 12.8. The lowest BCUT2D eigenvalue weighted by Gasteiger charge is -2.19. The van der Waals surface area contributed by atoms with Gasteiger partial charge in [0.1, 0.15) is 0 Å². The summed E-state index contributed by atoms with van der Waals surface area (Å²) in [4.78, 5) is 17.0. The van der Waals surface area contributed by atoms with Crippen LogP contribution in [0.15, 0.2) is 23.9 Å². The molecule has 5 heteroatoms. The Kier molecular flexibility index (Phi) is 3.73. The van der Waals surface area contributed by atoms with Crippen LogP contribution in [0.5, 0.6) is 0 Å². The van der Waals surface area contributed by atoms with Gasteiger partial charge in [-0.1, -0.05) is 0 Å². The van der Waals surface area contributed by atoms with Crippen molar-refractivity contribution in [3.8, 4) is 0 Å². The second kappa shape index (κ2) is 5.89. The minimum absolute atomic E-state index is 0.114. The second-order valence-corrected chi connectivity index (χ2v) is 6.54. The lowest BCUT2D eigenvalue weighted by atomic mass is 10.0. The zero-order valence-electron chi connectivity index (χ0n) is 13.7. The average molecular weight is 312 g/mol. The predicted molar refractivity (Wildman–Crippen MR) is 93.7 cm³/mol. The second-order valence-electron chi connectivity index (χ2n) is 6.54. The Morgan fingerprint density at radius 1 is 1.09 bits per heavy atom. The molecule has 1 aromatic rings. The van der Waals surface area contributed by atoms with Crippen LogP contribution in [0, 0.1) is 0 Å². The van der Waals surface area contributed by atoms with Crippen LogP contribution in [0.2, 0.25) is 0 Å². The number of anilines is 2. The van der Waals surface area contributed by atoms with Gasteiger partial charge in [-0.25, -0.2) is 0 Å². The van der Waals surface area contributed by atoms with Crippen molar-refractivity contribution >= 4 is 22.9 Å². The Hall–Kier alpha value is -2.01. The quantitative estimate of drug-likeness (QED) is 0.773. The van der Waals surface area contributed by atoms with Gasteiger partial charge in [0.05, 0.1) is 11.3 Å². The first-order valence-electron chi connectivity index (χ1n) is 8.61. The lowest BCUT2D eigenvalue weighted by molar-refractivity contribution is -0.112. The van der Waals surface area contributed by atoms with Crippen LogP contribution in [0.4, 0.5) is 11.4 Å². The first kappa shape index (κ1) is 14.6. The highest BCUT2D eigenvalue weighted by Crippen LogP contribution is 2.40. The summed E-state index contributed by atoms with van der Waals surface area (Å²) in [5, 5.41) is 6.84. The fourth-order valence-corrected chi connectivity index (χ4v) is 3.81. The fraction of sp³-hybridized carbons (Fsp3) is 0.500. The molecule has 1 aromatic carbocycles. The normalized spacial score (nSPS) is 24.7. The molecule has 3 aliphatic heterocycles. The van der Waals surface area contributed by atoms with Crippen LogP contribution in [-0.2, 0) is 4.79 Å². The van der Waals surface area contributed by atoms with E-state index in [4.69, 9.17) is 0 Å². The number of carbonyl (C=O) groups excluding carboxylic acids is 1. The summed E-state index contributed by atoms with van der Waals surface area (Å²) in [5.74, 6) is 0.114. The molecule has 0 saturated carbocycles. The van der Waals surface area contributed by atoms with Crippen LogP contribution in [0.25, 0.3) is 5.57 Å². The van der Waals surface area contributed by atoms with Crippen molar-refractivity contribution in [2.45, 2.75) is 19.3 Å². The predicted octanol–water partition coefficient (Wildman–Crippen LogP) is 1.56. The van der Waals surface area contributed by atoms with Crippen molar-refractivity contribution in [3.05, 3.63) is 29.5 Å². The van der Waals surface area contributed by atoms with Gasteiger partial charge in [-0.15, -0.1) is 0 Å². The topological polar surface area (TPSA) is 47.6 Å². The van der Waals surface area contributed by atoms with E-state index in [0.717, 1.165) is 61.7 Å². The molecular weight excluding hydrogens is 288 g/mol. The van der Waals surface area contributed by atoms with Crippen LogP contribution >= 0.6 is 0 Å². The molecule has 0 spiro atoms. The van der Waals surface area contributed by atoms with Crippen molar-refractivity contribution in [3.63, 3.8) is 0 Å². The standard InChI is InChI=1S/C18H24N4O/c1-21-16-5-4-13(22-10-2-3-11-22)12-14(16)17(18(21)23)15-6-7-19-8-9-20-15/h4-5,12,19-20H,2-3,6-11H2,1H3/b17-15-. The molecular formula is C18H24N4O. The van der Waals surface area contributed by atoms with Crippen LogP contribution in [0.3, 0.4) is 0 Å². The van der Waals surface area contributed by atoms with Crippen molar-refractivity contribution in [2.24, 2.45) is 0 Å². The summed E-state index contributed by atoms with van der Waals surface area (Å²) >= 11 is 0.